The van der Waals surface area contributed by atoms with Gasteiger partial charge in [-0.25, -0.2) is 4.98 Å². The number of fused-ring (bicyclic) bond motifs is 1. The van der Waals surface area contributed by atoms with Crippen LogP contribution in [0.15, 0.2) is 60.7 Å². The minimum Gasteiger partial charge on any atom is -0.319 e. The van der Waals surface area contributed by atoms with E-state index in [-0.39, 0.29) is 5.91 Å². The van der Waals surface area contributed by atoms with E-state index in [1.165, 1.54) is 0 Å². The van der Waals surface area contributed by atoms with Gasteiger partial charge >= 0.3 is 0 Å². The van der Waals surface area contributed by atoms with E-state index in [2.05, 4.69) is 25.8 Å². The number of hydrogen-bond donors (Lipinski definition) is 1. The smallest absolute Gasteiger partial charge is 0.274 e. The number of nitrogens with zero attached hydrogens (tertiary/aromatic N) is 5. The Morgan fingerprint density at radius 1 is 1.04 bits per heavy atom. The number of carbonyl (C=O) groups is 1. The molecule has 1 amide bonds. The lowest BCUT2D eigenvalue weighted by atomic mass is 10.2. The number of carbonyl (C=O) groups excluding carboxylic acids is 1. The zero-order valence-electron chi connectivity index (χ0n) is 14.1. The average molecular weight is 344 g/mol. The highest BCUT2D eigenvalue weighted by Gasteiger charge is 2.14. The van der Waals surface area contributed by atoms with Crippen molar-refractivity contribution in [2.75, 3.05) is 5.32 Å². The standard InChI is InChI=1S/C19H16N6O/c1-2-18-22-23-24-25(18)17-10-6-5-9-15(17)21-19(26)16-12-11-13-7-3-4-8-14(13)20-16/h3-12H,2H2,1H3,(H,21,26). The summed E-state index contributed by atoms with van der Waals surface area (Å²) in [5.74, 6) is 0.435. The van der Waals surface area contributed by atoms with Crippen LogP contribution in [0.4, 0.5) is 5.69 Å². The molecule has 0 aliphatic carbocycles. The van der Waals surface area contributed by atoms with Gasteiger partial charge in [-0.2, -0.15) is 4.68 Å². The van der Waals surface area contributed by atoms with Gasteiger partial charge in [0.25, 0.3) is 5.91 Å². The lowest BCUT2D eigenvalue weighted by Crippen LogP contribution is -2.16. The number of aromatic nitrogens is 5. The maximum absolute atomic E-state index is 12.7. The molecular formula is C19H16N6O. The Hall–Kier alpha value is -3.61. The Kier molecular flexibility index (Phi) is 4.10. The van der Waals surface area contributed by atoms with Crippen molar-refractivity contribution in [1.29, 1.82) is 0 Å². The number of para-hydroxylation sites is 3. The van der Waals surface area contributed by atoms with Gasteiger partial charge in [0.1, 0.15) is 5.69 Å². The van der Waals surface area contributed by atoms with E-state index < -0.39 is 0 Å². The summed E-state index contributed by atoms with van der Waals surface area (Å²) in [6, 6.07) is 18.7. The first-order valence-electron chi connectivity index (χ1n) is 8.30. The Labute approximate surface area is 149 Å². The lowest BCUT2D eigenvalue weighted by molar-refractivity contribution is 0.102. The molecule has 0 aliphatic rings. The minimum absolute atomic E-state index is 0.283. The molecule has 0 radical (unpaired) electrons. The molecule has 4 rings (SSSR count). The Morgan fingerprint density at radius 3 is 2.73 bits per heavy atom. The number of anilines is 1. The van der Waals surface area contributed by atoms with Crippen molar-refractivity contribution in [3.8, 4) is 5.69 Å². The third-order valence-electron chi connectivity index (χ3n) is 4.06. The summed E-state index contributed by atoms with van der Waals surface area (Å²) < 4.78 is 1.63. The SMILES string of the molecule is CCc1nnnn1-c1ccccc1NC(=O)c1ccc2ccccc2n1. The van der Waals surface area contributed by atoms with Crippen LogP contribution in [0.25, 0.3) is 16.6 Å². The molecule has 2 heterocycles. The fraction of sp³-hybridized carbons (Fsp3) is 0.105. The summed E-state index contributed by atoms with van der Waals surface area (Å²) in [7, 11) is 0. The van der Waals surface area contributed by atoms with Gasteiger partial charge in [-0.15, -0.1) is 5.10 Å². The first kappa shape index (κ1) is 15.9. The normalized spacial score (nSPS) is 10.8. The molecule has 0 unspecified atom stereocenters. The van der Waals surface area contributed by atoms with Gasteiger partial charge in [0, 0.05) is 11.8 Å². The van der Waals surface area contributed by atoms with E-state index in [1.807, 2.05) is 61.5 Å². The number of rotatable bonds is 4. The maximum atomic E-state index is 12.7. The second-order valence-corrected chi connectivity index (χ2v) is 5.72. The monoisotopic (exact) mass is 344 g/mol. The first-order chi connectivity index (χ1) is 12.8. The Morgan fingerprint density at radius 2 is 1.85 bits per heavy atom. The second-order valence-electron chi connectivity index (χ2n) is 5.72. The maximum Gasteiger partial charge on any atom is 0.274 e. The highest BCUT2D eigenvalue weighted by Crippen LogP contribution is 2.21. The van der Waals surface area contributed by atoms with Gasteiger partial charge in [-0.05, 0) is 34.7 Å². The number of hydrogen-bond acceptors (Lipinski definition) is 5. The molecule has 0 saturated carbocycles. The van der Waals surface area contributed by atoms with Crippen molar-refractivity contribution in [1.82, 2.24) is 25.2 Å². The van der Waals surface area contributed by atoms with E-state index >= 15 is 0 Å². The van der Waals surface area contributed by atoms with Crippen molar-refractivity contribution in [2.45, 2.75) is 13.3 Å². The summed E-state index contributed by atoms with van der Waals surface area (Å²) in [6.45, 7) is 1.97. The molecule has 4 aromatic rings. The van der Waals surface area contributed by atoms with Crippen LogP contribution in [0.3, 0.4) is 0 Å². The Balaban J connectivity index is 1.67. The van der Waals surface area contributed by atoms with Crippen LogP contribution in [0.1, 0.15) is 23.2 Å². The summed E-state index contributed by atoms with van der Waals surface area (Å²) in [6.07, 6.45) is 0.682. The van der Waals surface area contributed by atoms with Crippen LogP contribution in [0.5, 0.6) is 0 Å². The average Bonchev–Trinajstić information content (AvgIpc) is 3.16. The lowest BCUT2D eigenvalue weighted by Gasteiger charge is -2.11. The van der Waals surface area contributed by atoms with Crippen molar-refractivity contribution < 1.29 is 4.79 Å². The van der Waals surface area contributed by atoms with Crippen molar-refractivity contribution in [3.05, 3.63) is 72.2 Å². The summed E-state index contributed by atoms with van der Waals surface area (Å²) >= 11 is 0. The molecule has 128 valence electrons. The highest BCUT2D eigenvalue weighted by atomic mass is 16.1. The molecule has 7 heteroatoms. The molecule has 1 N–H and O–H groups in total. The molecule has 2 aromatic carbocycles. The molecule has 7 nitrogen and oxygen atoms in total. The summed E-state index contributed by atoms with van der Waals surface area (Å²) in [5.41, 5.74) is 2.46. The Bertz CT molecular complexity index is 1090. The van der Waals surface area contributed by atoms with E-state index in [4.69, 9.17) is 0 Å². The number of benzene rings is 2. The predicted octanol–water partition coefficient (Wildman–Crippen LogP) is 3.03. The van der Waals surface area contributed by atoms with E-state index in [0.29, 0.717) is 23.5 Å². The molecule has 2 aromatic heterocycles. The molecule has 0 saturated heterocycles. The van der Waals surface area contributed by atoms with Crippen molar-refractivity contribution in [3.63, 3.8) is 0 Å². The second kappa shape index (κ2) is 6.72. The summed E-state index contributed by atoms with van der Waals surface area (Å²) in [5, 5.41) is 15.7. The molecule has 0 spiro atoms. The molecular weight excluding hydrogens is 328 g/mol. The molecule has 0 bridgehead atoms. The zero-order valence-corrected chi connectivity index (χ0v) is 14.1. The number of tetrazole rings is 1. The van der Waals surface area contributed by atoms with Crippen LogP contribution in [0.2, 0.25) is 0 Å². The van der Waals surface area contributed by atoms with E-state index in [0.717, 1.165) is 16.7 Å². The largest absolute Gasteiger partial charge is 0.319 e. The van der Waals surface area contributed by atoms with Gasteiger partial charge in [0.2, 0.25) is 0 Å². The molecule has 0 aliphatic heterocycles. The number of pyridine rings is 1. The highest BCUT2D eigenvalue weighted by molar-refractivity contribution is 6.05. The van der Waals surface area contributed by atoms with Crippen LogP contribution >= 0.6 is 0 Å². The van der Waals surface area contributed by atoms with Gasteiger partial charge in [-0.3, -0.25) is 4.79 Å². The van der Waals surface area contributed by atoms with Gasteiger partial charge in [-0.1, -0.05) is 43.3 Å². The zero-order chi connectivity index (χ0) is 17.9. The fourth-order valence-electron chi connectivity index (χ4n) is 2.76. The minimum atomic E-state index is -0.283. The predicted molar refractivity (Wildman–Crippen MR) is 98.2 cm³/mol. The van der Waals surface area contributed by atoms with Crippen LogP contribution in [0, 0.1) is 0 Å². The number of aryl methyl sites for hydroxylation is 1. The van der Waals surface area contributed by atoms with Crippen LogP contribution in [-0.2, 0) is 6.42 Å². The molecule has 26 heavy (non-hydrogen) atoms. The topological polar surface area (TPSA) is 85.6 Å². The quantitative estimate of drug-likeness (QED) is 0.615. The third-order valence-corrected chi connectivity index (χ3v) is 4.06. The fourth-order valence-corrected chi connectivity index (χ4v) is 2.76. The van der Waals surface area contributed by atoms with Gasteiger partial charge < -0.3 is 5.32 Å². The van der Waals surface area contributed by atoms with Gasteiger partial charge in [0.15, 0.2) is 5.82 Å². The van der Waals surface area contributed by atoms with Crippen LogP contribution in [-0.4, -0.2) is 31.1 Å². The van der Waals surface area contributed by atoms with E-state index in [9.17, 15) is 4.79 Å². The first-order valence-corrected chi connectivity index (χ1v) is 8.30. The number of amides is 1. The third kappa shape index (κ3) is 2.90. The summed E-state index contributed by atoms with van der Waals surface area (Å²) in [4.78, 5) is 17.1. The van der Waals surface area contributed by atoms with Crippen LogP contribution < -0.4 is 5.32 Å². The van der Waals surface area contributed by atoms with Gasteiger partial charge in [0.05, 0.1) is 16.9 Å². The number of nitrogens with one attached hydrogen (secondary N) is 1. The molecule has 0 atom stereocenters. The van der Waals surface area contributed by atoms with Crippen molar-refractivity contribution >= 4 is 22.5 Å². The molecule has 0 fully saturated rings. The van der Waals surface area contributed by atoms with E-state index in [1.54, 1.807) is 10.7 Å². The van der Waals surface area contributed by atoms with Crippen molar-refractivity contribution in [2.24, 2.45) is 0 Å².